The summed E-state index contributed by atoms with van der Waals surface area (Å²) in [5.41, 5.74) is 13.9. The van der Waals surface area contributed by atoms with Crippen molar-refractivity contribution in [3.8, 4) is 23.0 Å². The quantitative estimate of drug-likeness (QED) is 0.129. The van der Waals surface area contributed by atoms with Crippen LogP contribution in [0.3, 0.4) is 0 Å². The van der Waals surface area contributed by atoms with Crippen LogP contribution in [0.4, 0.5) is 0 Å². The van der Waals surface area contributed by atoms with Crippen molar-refractivity contribution < 1.29 is 40.2 Å². The van der Waals surface area contributed by atoms with Gasteiger partial charge in [-0.25, -0.2) is 5.43 Å². The Labute approximate surface area is 238 Å². The number of rotatable bonds is 7. The van der Waals surface area contributed by atoms with Crippen LogP contribution < -0.4 is 22.7 Å². The second-order valence-electron chi connectivity index (χ2n) is 12.0. The molecule has 0 spiro atoms. The van der Waals surface area contributed by atoms with Gasteiger partial charge in [-0.3, -0.25) is 15.4 Å². The molecule has 0 aliphatic heterocycles. The van der Waals surface area contributed by atoms with Gasteiger partial charge in [-0.05, 0) is 105 Å². The monoisotopic (exact) mass is 574 g/mol. The van der Waals surface area contributed by atoms with Crippen molar-refractivity contribution in [1.82, 2.24) is 5.43 Å². The largest absolute Gasteiger partial charge is 0.504 e. The first-order valence-corrected chi connectivity index (χ1v) is 13.6. The van der Waals surface area contributed by atoms with Crippen LogP contribution in [0.25, 0.3) is 0 Å². The van der Waals surface area contributed by atoms with Crippen molar-refractivity contribution in [2.75, 3.05) is 0 Å². The van der Waals surface area contributed by atoms with Crippen molar-refractivity contribution in [2.45, 2.75) is 75.4 Å². The summed E-state index contributed by atoms with van der Waals surface area (Å²) in [5, 5.41) is 54.0. The van der Waals surface area contributed by atoms with E-state index in [0.717, 1.165) is 17.8 Å². The summed E-state index contributed by atoms with van der Waals surface area (Å²) in [7, 11) is 0. The fraction of sp³-hybridized carbons (Fsp3) is 0.517. The molecular formula is C29H42N4O8. The average Bonchev–Trinajstić information content (AvgIpc) is 2.87. The van der Waals surface area contributed by atoms with Gasteiger partial charge in [0.25, 0.3) is 0 Å². The lowest BCUT2D eigenvalue weighted by Crippen LogP contribution is -2.55. The zero-order chi connectivity index (χ0) is 30.5. The minimum Gasteiger partial charge on any atom is -0.504 e. The van der Waals surface area contributed by atoms with Crippen LogP contribution in [0.1, 0.15) is 56.6 Å². The molecule has 0 saturated heterocycles. The Kier molecular flexibility index (Phi) is 10.1. The highest BCUT2D eigenvalue weighted by Crippen LogP contribution is 2.54. The Morgan fingerprint density at radius 1 is 0.878 bits per heavy atom. The van der Waals surface area contributed by atoms with Gasteiger partial charge in [0, 0.05) is 12.0 Å². The third kappa shape index (κ3) is 8.46. The molecule has 13 N–H and O–H groups in total. The molecule has 12 nitrogen and oxygen atoms in total. The van der Waals surface area contributed by atoms with Gasteiger partial charge in [-0.2, -0.15) is 0 Å². The van der Waals surface area contributed by atoms with E-state index in [2.05, 4.69) is 5.43 Å². The molecule has 0 aromatic heterocycles. The molecule has 41 heavy (non-hydrogen) atoms. The molecule has 2 aromatic rings. The number of benzene rings is 2. The SMILES string of the molecule is C[C@@](Cc1ccc(O)c(O)c1)(NN)C(=O)O.NC12CC3CC(CC(C3)C1)C2.N[C@@H](Cc1ccc(O)c(O)c1)C(=O)O. The predicted molar refractivity (Wildman–Crippen MR) is 151 cm³/mol. The normalized spacial score (nSPS) is 26.0. The van der Waals surface area contributed by atoms with E-state index in [0.29, 0.717) is 16.7 Å². The number of aliphatic carboxylic acids is 2. The first-order chi connectivity index (χ1) is 19.1. The maximum atomic E-state index is 11.0. The molecule has 2 atom stereocenters. The van der Waals surface area contributed by atoms with E-state index in [9.17, 15) is 14.7 Å². The molecule has 2 aromatic carbocycles. The van der Waals surface area contributed by atoms with Crippen molar-refractivity contribution in [2.24, 2.45) is 35.1 Å². The third-order valence-electron chi connectivity index (χ3n) is 8.29. The summed E-state index contributed by atoms with van der Waals surface area (Å²) in [6.07, 6.45) is 8.77. The lowest BCUT2D eigenvalue weighted by Gasteiger charge is -2.55. The Morgan fingerprint density at radius 2 is 1.32 bits per heavy atom. The average molecular weight is 575 g/mol. The number of hydrogen-bond donors (Lipinski definition) is 10. The maximum absolute atomic E-state index is 11.0. The zero-order valence-electron chi connectivity index (χ0n) is 23.2. The molecule has 4 aliphatic carbocycles. The zero-order valence-corrected chi connectivity index (χ0v) is 23.2. The highest BCUT2D eigenvalue weighted by Gasteiger charge is 2.48. The van der Waals surface area contributed by atoms with Crippen LogP contribution in [0, 0.1) is 17.8 Å². The molecular weight excluding hydrogens is 532 g/mol. The van der Waals surface area contributed by atoms with Crippen molar-refractivity contribution in [3.05, 3.63) is 47.5 Å². The van der Waals surface area contributed by atoms with Crippen LogP contribution in [0.15, 0.2) is 36.4 Å². The number of carbonyl (C=O) groups is 2. The Hall–Kier alpha value is -3.58. The molecule has 0 amide bonds. The second-order valence-corrected chi connectivity index (χ2v) is 12.0. The Balaban J connectivity index is 0.000000171. The van der Waals surface area contributed by atoms with Gasteiger partial charge in [-0.1, -0.05) is 12.1 Å². The van der Waals surface area contributed by atoms with Gasteiger partial charge < -0.3 is 42.1 Å². The second kappa shape index (κ2) is 12.9. The molecule has 0 unspecified atom stereocenters. The summed E-state index contributed by atoms with van der Waals surface area (Å²) >= 11 is 0. The van der Waals surface area contributed by atoms with E-state index in [4.69, 9.17) is 42.8 Å². The Morgan fingerprint density at radius 3 is 1.68 bits per heavy atom. The summed E-state index contributed by atoms with van der Waals surface area (Å²) in [6.45, 7) is 1.43. The van der Waals surface area contributed by atoms with Gasteiger partial charge in [0.2, 0.25) is 0 Å². The van der Waals surface area contributed by atoms with Crippen LogP contribution in [0.5, 0.6) is 23.0 Å². The molecule has 4 saturated carbocycles. The molecule has 12 heteroatoms. The fourth-order valence-corrected chi connectivity index (χ4v) is 6.49. The minimum absolute atomic E-state index is 0.0900. The summed E-state index contributed by atoms with van der Waals surface area (Å²) in [6, 6.07) is 7.21. The number of nitrogens with two attached hydrogens (primary N) is 3. The minimum atomic E-state index is -1.32. The van der Waals surface area contributed by atoms with E-state index in [-0.39, 0.29) is 35.8 Å². The van der Waals surface area contributed by atoms with E-state index in [1.54, 1.807) is 0 Å². The Bertz CT molecular complexity index is 1200. The summed E-state index contributed by atoms with van der Waals surface area (Å²) in [4.78, 5) is 21.4. The number of carboxylic acid groups (broad SMARTS) is 2. The molecule has 0 radical (unpaired) electrons. The highest BCUT2D eigenvalue weighted by molar-refractivity contribution is 5.78. The maximum Gasteiger partial charge on any atom is 0.325 e. The van der Waals surface area contributed by atoms with Gasteiger partial charge in [0.1, 0.15) is 11.6 Å². The van der Waals surface area contributed by atoms with E-state index >= 15 is 0 Å². The molecule has 4 bridgehead atoms. The van der Waals surface area contributed by atoms with Crippen LogP contribution >= 0.6 is 0 Å². The number of hydrazine groups is 1. The van der Waals surface area contributed by atoms with Crippen molar-refractivity contribution >= 4 is 11.9 Å². The van der Waals surface area contributed by atoms with Gasteiger partial charge in [-0.15, -0.1) is 0 Å². The summed E-state index contributed by atoms with van der Waals surface area (Å²) in [5.74, 6) is 4.99. The summed E-state index contributed by atoms with van der Waals surface area (Å²) < 4.78 is 0. The van der Waals surface area contributed by atoms with Crippen LogP contribution in [-0.4, -0.2) is 59.7 Å². The first-order valence-electron chi connectivity index (χ1n) is 13.6. The molecule has 4 aliphatic rings. The smallest absolute Gasteiger partial charge is 0.325 e. The fourth-order valence-electron chi connectivity index (χ4n) is 6.49. The van der Waals surface area contributed by atoms with Crippen LogP contribution in [-0.2, 0) is 22.4 Å². The van der Waals surface area contributed by atoms with Gasteiger partial charge in [0.05, 0.1) is 0 Å². The number of hydrogen-bond acceptors (Lipinski definition) is 10. The van der Waals surface area contributed by atoms with E-state index in [1.807, 2.05) is 0 Å². The molecule has 0 heterocycles. The predicted octanol–water partition coefficient (Wildman–Crippen LogP) is 1.91. The highest BCUT2D eigenvalue weighted by atomic mass is 16.4. The van der Waals surface area contributed by atoms with Crippen molar-refractivity contribution in [3.63, 3.8) is 0 Å². The van der Waals surface area contributed by atoms with Crippen LogP contribution in [0.2, 0.25) is 0 Å². The molecule has 226 valence electrons. The van der Waals surface area contributed by atoms with Gasteiger partial charge in [0.15, 0.2) is 23.0 Å². The number of aromatic hydroxyl groups is 4. The number of phenolic OH excluding ortho intramolecular Hbond substituents is 4. The number of carboxylic acids is 2. The number of phenols is 4. The van der Waals surface area contributed by atoms with E-state index < -0.39 is 23.5 Å². The molecule has 4 fully saturated rings. The topological polar surface area (TPSA) is 246 Å². The lowest BCUT2D eigenvalue weighted by molar-refractivity contribution is -0.144. The number of nitrogens with one attached hydrogen (secondary N) is 1. The van der Waals surface area contributed by atoms with E-state index in [1.165, 1.54) is 81.8 Å². The van der Waals surface area contributed by atoms with Gasteiger partial charge >= 0.3 is 11.9 Å². The lowest BCUT2D eigenvalue weighted by atomic mass is 9.53. The first kappa shape index (κ1) is 31.9. The standard InChI is InChI=1S/C10H14N2O4.C10H17N.C9H11NO4/c1-10(12-11,9(15)16)5-6-2-3-7(13)8(14)4-6;11-10-4-7-1-8(5-10)3-9(2-7)6-10;10-6(9(13)14)3-5-1-2-7(11)8(12)4-5/h2-4,12-14H,5,11H2,1H3,(H,15,16);7-9H,1-6,11H2;1-2,4,6,11-12H,3,10H2,(H,13,14)/t10-;;6-/m0.0/s1. The molecule has 6 rings (SSSR count). The van der Waals surface area contributed by atoms with Crippen molar-refractivity contribution in [1.29, 1.82) is 0 Å². The third-order valence-corrected chi connectivity index (χ3v) is 8.29.